The second-order valence-corrected chi connectivity index (χ2v) is 2.80. The van der Waals surface area contributed by atoms with E-state index in [1.54, 1.807) is 0 Å². The molecular weight excluding hydrogens is 198 g/mol. The first-order valence-electron chi connectivity index (χ1n) is 4.69. The lowest BCUT2D eigenvalue weighted by Crippen LogP contribution is -2.19. The Morgan fingerprint density at radius 1 is 0.867 bits per heavy atom. The zero-order valence-electron chi connectivity index (χ0n) is 8.35. The summed E-state index contributed by atoms with van der Waals surface area (Å²) in [4.78, 5) is 8.90. The highest BCUT2D eigenvalue weighted by molar-refractivity contribution is 5.75. The first-order valence-corrected chi connectivity index (χ1v) is 4.69. The summed E-state index contributed by atoms with van der Waals surface area (Å²) in [5.74, 6) is 0. The van der Waals surface area contributed by atoms with Crippen LogP contribution in [0.4, 0.5) is 0 Å². The Labute approximate surface area is 88.2 Å². The molecule has 15 heavy (non-hydrogen) atoms. The number of hydrogen-bond donors (Lipinski definition) is 3. The van der Waals surface area contributed by atoms with Gasteiger partial charge in [-0.3, -0.25) is 9.68 Å². The second-order valence-electron chi connectivity index (χ2n) is 2.80. The van der Waals surface area contributed by atoms with Gasteiger partial charge in [-0.25, -0.2) is 0 Å². The summed E-state index contributed by atoms with van der Waals surface area (Å²) in [6.07, 6.45) is 0. The van der Waals surface area contributed by atoms with Gasteiger partial charge in [0, 0.05) is 0 Å². The monoisotopic (exact) mass is 213 g/mol. The first kappa shape index (κ1) is 12.1. The molecule has 5 heteroatoms. The standard InChI is InChI=1S/C6H4.C4H11NO4/c1-2-6-4-3-5(1)6;6-1-3-8-5-9-4-2-7/h1-4H;5-7H,1-4H2. The third-order valence-corrected chi connectivity index (χ3v) is 1.72. The van der Waals surface area contributed by atoms with E-state index >= 15 is 0 Å². The Morgan fingerprint density at radius 3 is 1.47 bits per heavy atom. The summed E-state index contributed by atoms with van der Waals surface area (Å²) in [6.45, 7) is 0.224. The fraction of sp³-hybridized carbons (Fsp3) is 0.400. The molecule has 0 aromatic rings. The Bertz CT molecular complexity index is 236. The number of aliphatic hydroxyl groups is 2. The maximum absolute atomic E-state index is 8.15. The van der Waals surface area contributed by atoms with Crippen molar-refractivity contribution in [1.29, 1.82) is 0 Å². The molecule has 0 bridgehead atoms. The number of aliphatic hydroxyl groups excluding tert-OH is 2. The fourth-order valence-corrected chi connectivity index (χ4v) is 0.879. The third-order valence-electron chi connectivity index (χ3n) is 1.72. The van der Waals surface area contributed by atoms with Crippen LogP contribution in [0.2, 0.25) is 0 Å². The minimum Gasteiger partial charge on any atom is -0.394 e. The molecule has 3 N–H and O–H groups in total. The van der Waals surface area contributed by atoms with Gasteiger partial charge in [-0.1, -0.05) is 29.9 Å². The zero-order chi connectivity index (χ0) is 10.9. The lowest BCUT2D eigenvalue weighted by Gasteiger charge is -2.10. The van der Waals surface area contributed by atoms with Crippen LogP contribution < -0.4 is 5.64 Å². The number of nitrogens with one attached hydrogen (secondary N) is 1. The van der Waals surface area contributed by atoms with E-state index in [2.05, 4.69) is 39.6 Å². The lowest BCUT2D eigenvalue weighted by molar-refractivity contribution is -0.178. The SMILES string of the molecule is OCCONOCCO.c1cc2ccc1-2. The molecule has 5 nitrogen and oxygen atoms in total. The molecule has 0 heterocycles. The first-order chi connectivity index (χ1) is 7.38. The summed E-state index contributed by atoms with van der Waals surface area (Å²) in [5.41, 5.74) is 4.92. The van der Waals surface area contributed by atoms with Crippen LogP contribution in [-0.2, 0) is 9.68 Å². The summed E-state index contributed by atoms with van der Waals surface area (Å²) in [7, 11) is 0. The van der Waals surface area contributed by atoms with Crippen molar-refractivity contribution < 1.29 is 19.9 Å². The third kappa shape index (κ3) is 4.37. The van der Waals surface area contributed by atoms with Crippen LogP contribution in [0.3, 0.4) is 0 Å². The molecule has 0 spiro atoms. The van der Waals surface area contributed by atoms with Crippen LogP contribution in [0.5, 0.6) is 0 Å². The molecule has 0 aliphatic heterocycles. The normalized spacial score (nSPS) is 10.5. The average molecular weight is 213 g/mol. The molecule has 0 aromatic carbocycles. The molecule has 0 aromatic heterocycles. The van der Waals surface area contributed by atoms with Crippen LogP contribution in [0.25, 0.3) is 11.1 Å². The zero-order valence-corrected chi connectivity index (χ0v) is 8.35. The Kier molecular flexibility index (Phi) is 5.91. The van der Waals surface area contributed by atoms with Crippen LogP contribution >= 0.6 is 0 Å². The van der Waals surface area contributed by atoms with E-state index in [-0.39, 0.29) is 26.4 Å². The van der Waals surface area contributed by atoms with Gasteiger partial charge in [-0.15, -0.1) is 0 Å². The van der Waals surface area contributed by atoms with E-state index in [1.807, 2.05) is 0 Å². The Balaban J connectivity index is 0.000000158. The molecular formula is C10H15NO4. The van der Waals surface area contributed by atoms with E-state index in [1.165, 1.54) is 11.1 Å². The van der Waals surface area contributed by atoms with Crippen molar-refractivity contribution in [1.82, 2.24) is 5.64 Å². The Morgan fingerprint density at radius 2 is 1.27 bits per heavy atom. The minimum atomic E-state index is -0.0600. The maximum atomic E-state index is 8.15. The van der Waals surface area contributed by atoms with Gasteiger partial charge < -0.3 is 10.2 Å². The quantitative estimate of drug-likeness (QED) is 0.468. The summed E-state index contributed by atoms with van der Waals surface area (Å²) in [5, 5.41) is 16.3. The van der Waals surface area contributed by atoms with Gasteiger partial charge >= 0.3 is 0 Å². The van der Waals surface area contributed by atoms with E-state index in [0.717, 1.165) is 0 Å². The van der Waals surface area contributed by atoms with Crippen molar-refractivity contribution in [2.75, 3.05) is 26.4 Å². The van der Waals surface area contributed by atoms with E-state index < -0.39 is 0 Å². The van der Waals surface area contributed by atoms with Gasteiger partial charge in [-0.2, -0.15) is 0 Å². The second kappa shape index (κ2) is 7.33. The van der Waals surface area contributed by atoms with Crippen LogP contribution in [0.1, 0.15) is 0 Å². The number of benzene rings is 1. The molecule has 0 saturated carbocycles. The Hall–Kier alpha value is -0.980. The lowest BCUT2D eigenvalue weighted by atomic mass is 9.95. The molecule has 2 aliphatic rings. The topological polar surface area (TPSA) is 71.0 Å². The van der Waals surface area contributed by atoms with E-state index in [0.29, 0.717) is 0 Å². The average Bonchev–Trinajstić information content (AvgIpc) is 2.24. The van der Waals surface area contributed by atoms with Crippen LogP contribution in [0.15, 0.2) is 24.3 Å². The van der Waals surface area contributed by atoms with Crippen LogP contribution in [-0.4, -0.2) is 36.6 Å². The van der Waals surface area contributed by atoms with Gasteiger partial charge in [0.2, 0.25) is 0 Å². The van der Waals surface area contributed by atoms with Crippen molar-refractivity contribution in [3.63, 3.8) is 0 Å². The molecule has 0 atom stereocenters. The summed E-state index contributed by atoms with van der Waals surface area (Å²) >= 11 is 0. The fourth-order valence-electron chi connectivity index (χ4n) is 0.879. The number of rotatable bonds is 6. The molecule has 0 amide bonds. The van der Waals surface area contributed by atoms with Crippen molar-refractivity contribution in [2.24, 2.45) is 0 Å². The van der Waals surface area contributed by atoms with Gasteiger partial charge in [0.1, 0.15) is 0 Å². The maximum Gasteiger partial charge on any atom is 0.0940 e. The van der Waals surface area contributed by atoms with E-state index in [9.17, 15) is 0 Å². The molecule has 0 fully saturated rings. The van der Waals surface area contributed by atoms with Gasteiger partial charge in [0.05, 0.1) is 26.4 Å². The smallest absolute Gasteiger partial charge is 0.0940 e. The van der Waals surface area contributed by atoms with Crippen molar-refractivity contribution in [2.45, 2.75) is 0 Å². The van der Waals surface area contributed by atoms with Crippen molar-refractivity contribution in [3.8, 4) is 11.1 Å². The van der Waals surface area contributed by atoms with Crippen molar-refractivity contribution >= 4 is 0 Å². The largest absolute Gasteiger partial charge is 0.394 e. The van der Waals surface area contributed by atoms with Gasteiger partial charge in [0.15, 0.2) is 0 Å². The highest BCUT2D eigenvalue weighted by Gasteiger charge is 2.03. The highest BCUT2D eigenvalue weighted by atomic mass is 16.9. The summed E-state index contributed by atoms with van der Waals surface area (Å²) in [6, 6.07) is 8.48. The van der Waals surface area contributed by atoms with Crippen molar-refractivity contribution in [3.05, 3.63) is 24.3 Å². The highest BCUT2D eigenvalue weighted by Crippen LogP contribution is 2.29. The molecule has 0 saturated heterocycles. The minimum absolute atomic E-state index is 0.0600. The predicted molar refractivity (Wildman–Crippen MR) is 54.6 cm³/mol. The molecule has 0 radical (unpaired) electrons. The van der Waals surface area contributed by atoms with Gasteiger partial charge in [-0.05, 0) is 11.1 Å². The predicted octanol–water partition coefficient (Wildman–Crippen LogP) is 0.0908. The number of hydrogen-bond acceptors (Lipinski definition) is 5. The molecule has 84 valence electrons. The van der Waals surface area contributed by atoms with Crippen LogP contribution in [0, 0.1) is 0 Å². The number of fused-ring (bicyclic) bond motifs is 1. The molecule has 0 unspecified atom stereocenters. The van der Waals surface area contributed by atoms with E-state index in [4.69, 9.17) is 10.2 Å². The summed E-state index contributed by atoms with van der Waals surface area (Å²) < 4.78 is 0. The molecule has 2 aliphatic carbocycles. The molecule has 2 rings (SSSR count). The van der Waals surface area contributed by atoms with Gasteiger partial charge in [0.25, 0.3) is 0 Å².